The molecule has 0 aromatic carbocycles. The Kier molecular flexibility index (Phi) is 6.82. The molecule has 0 aromatic rings. The predicted octanol–water partition coefficient (Wildman–Crippen LogP) is 4.05. The van der Waals surface area contributed by atoms with E-state index in [1.165, 1.54) is 38.5 Å². The average Bonchev–Trinajstić information content (AvgIpc) is 2.36. The van der Waals surface area contributed by atoms with Gasteiger partial charge >= 0.3 is 0 Å². The van der Waals surface area contributed by atoms with Gasteiger partial charge in [0, 0.05) is 18.1 Å². The lowest BCUT2D eigenvalue weighted by Crippen LogP contribution is -2.55. The van der Waals surface area contributed by atoms with Crippen LogP contribution < -0.4 is 5.32 Å². The molecular formula is C17H36N2. The van der Waals surface area contributed by atoms with E-state index in [4.69, 9.17) is 0 Å². The summed E-state index contributed by atoms with van der Waals surface area (Å²) in [5.41, 5.74) is 0.509. The number of hydrogen-bond donors (Lipinski definition) is 1. The van der Waals surface area contributed by atoms with Gasteiger partial charge in [-0.25, -0.2) is 0 Å². The molecule has 0 radical (unpaired) electrons. The van der Waals surface area contributed by atoms with Crippen LogP contribution in [0.4, 0.5) is 0 Å². The molecule has 1 fully saturated rings. The summed E-state index contributed by atoms with van der Waals surface area (Å²) < 4.78 is 0. The van der Waals surface area contributed by atoms with Gasteiger partial charge in [-0.05, 0) is 58.0 Å². The maximum atomic E-state index is 3.80. The first kappa shape index (κ1) is 17.0. The SMILES string of the molecule is CCCNC1CCC(C)(C)CC1N(C)C(C)CCC. The number of hydrogen-bond acceptors (Lipinski definition) is 2. The Labute approximate surface area is 121 Å². The summed E-state index contributed by atoms with van der Waals surface area (Å²) >= 11 is 0. The third kappa shape index (κ3) is 5.07. The van der Waals surface area contributed by atoms with Crippen LogP contribution in [0.15, 0.2) is 0 Å². The van der Waals surface area contributed by atoms with Crippen molar-refractivity contribution in [1.82, 2.24) is 10.2 Å². The van der Waals surface area contributed by atoms with Crippen molar-refractivity contribution in [1.29, 1.82) is 0 Å². The van der Waals surface area contributed by atoms with E-state index >= 15 is 0 Å². The molecule has 2 heteroatoms. The van der Waals surface area contributed by atoms with Crippen molar-refractivity contribution < 1.29 is 0 Å². The van der Waals surface area contributed by atoms with Gasteiger partial charge in [0.05, 0.1) is 0 Å². The van der Waals surface area contributed by atoms with Gasteiger partial charge < -0.3 is 5.32 Å². The number of nitrogens with zero attached hydrogens (tertiary/aromatic N) is 1. The van der Waals surface area contributed by atoms with E-state index in [1.54, 1.807) is 0 Å². The fourth-order valence-corrected chi connectivity index (χ4v) is 3.49. The Bertz CT molecular complexity index is 248. The molecule has 0 aromatic heterocycles. The van der Waals surface area contributed by atoms with Gasteiger partial charge in [-0.3, -0.25) is 4.90 Å². The smallest absolute Gasteiger partial charge is 0.0254 e. The average molecular weight is 268 g/mol. The highest BCUT2D eigenvalue weighted by Gasteiger charge is 2.37. The Morgan fingerprint density at radius 3 is 2.53 bits per heavy atom. The van der Waals surface area contributed by atoms with Crippen molar-refractivity contribution in [3.05, 3.63) is 0 Å². The van der Waals surface area contributed by atoms with Gasteiger partial charge in [-0.15, -0.1) is 0 Å². The molecule has 114 valence electrons. The van der Waals surface area contributed by atoms with Gasteiger partial charge in [0.1, 0.15) is 0 Å². The first-order valence-corrected chi connectivity index (χ1v) is 8.36. The van der Waals surface area contributed by atoms with Gasteiger partial charge in [0.2, 0.25) is 0 Å². The molecule has 3 unspecified atom stereocenters. The van der Waals surface area contributed by atoms with E-state index < -0.39 is 0 Å². The molecule has 0 spiro atoms. The highest BCUT2D eigenvalue weighted by molar-refractivity contribution is 4.94. The number of likely N-dealkylation sites (N-methyl/N-ethyl adjacent to an activating group) is 1. The normalized spacial score (nSPS) is 28.6. The monoisotopic (exact) mass is 268 g/mol. The highest BCUT2D eigenvalue weighted by atomic mass is 15.2. The summed E-state index contributed by atoms with van der Waals surface area (Å²) in [6.45, 7) is 13.0. The molecule has 1 aliphatic carbocycles. The van der Waals surface area contributed by atoms with Crippen molar-refractivity contribution in [2.45, 2.75) is 91.3 Å². The zero-order valence-electron chi connectivity index (χ0n) is 14.1. The molecule has 19 heavy (non-hydrogen) atoms. The Morgan fingerprint density at radius 1 is 1.26 bits per heavy atom. The minimum Gasteiger partial charge on any atom is -0.312 e. The molecule has 1 N–H and O–H groups in total. The fourth-order valence-electron chi connectivity index (χ4n) is 3.49. The number of nitrogens with one attached hydrogen (secondary N) is 1. The number of rotatable bonds is 7. The third-order valence-electron chi connectivity index (χ3n) is 4.94. The lowest BCUT2D eigenvalue weighted by molar-refractivity contribution is 0.0569. The van der Waals surface area contributed by atoms with Crippen LogP contribution in [0.1, 0.15) is 73.1 Å². The molecule has 1 aliphatic rings. The summed E-state index contributed by atoms with van der Waals surface area (Å²) in [5.74, 6) is 0. The van der Waals surface area contributed by atoms with Crippen molar-refractivity contribution >= 4 is 0 Å². The minimum absolute atomic E-state index is 0.509. The van der Waals surface area contributed by atoms with E-state index in [2.05, 4.69) is 51.9 Å². The Morgan fingerprint density at radius 2 is 1.95 bits per heavy atom. The summed E-state index contributed by atoms with van der Waals surface area (Å²) in [5, 5.41) is 3.80. The molecular weight excluding hydrogens is 232 g/mol. The van der Waals surface area contributed by atoms with E-state index in [9.17, 15) is 0 Å². The summed E-state index contributed by atoms with van der Waals surface area (Å²) in [4.78, 5) is 2.65. The van der Waals surface area contributed by atoms with Crippen molar-refractivity contribution in [3.63, 3.8) is 0 Å². The molecule has 1 rings (SSSR count). The molecule has 1 saturated carbocycles. The second-order valence-electron chi connectivity index (χ2n) is 7.34. The lowest BCUT2D eigenvalue weighted by atomic mass is 9.72. The predicted molar refractivity (Wildman–Crippen MR) is 85.6 cm³/mol. The summed E-state index contributed by atoms with van der Waals surface area (Å²) in [7, 11) is 2.34. The zero-order valence-corrected chi connectivity index (χ0v) is 14.1. The fraction of sp³-hybridized carbons (Fsp3) is 1.00. The van der Waals surface area contributed by atoms with Gasteiger partial charge in [0.15, 0.2) is 0 Å². The second-order valence-corrected chi connectivity index (χ2v) is 7.34. The summed E-state index contributed by atoms with van der Waals surface area (Å²) in [6, 6.07) is 2.10. The van der Waals surface area contributed by atoms with Gasteiger partial charge in [0.25, 0.3) is 0 Å². The van der Waals surface area contributed by atoms with Crippen molar-refractivity contribution in [2.24, 2.45) is 5.41 Å². The maximum absolute atomic E-state index is 3.80. The zero-order chi connectivity index (χ0) is 14.5. The first-order valence-electron chi connectivity index (χ1n) is 8.36. The Hall–Kier alpha value is -0.0800. The van der Waals surface area contributed by atoms with Crippen LogP contribution in [-0.2, 0) is 0 Å². The largest absolute Gasteiger partial charge is 0.312 e. The topological polar surface area (TPSA) is 15.3 Å². The van der Waals surface area contributed by atoms with Crippen molar-refractivity contribution in [3.8, 4) is 0 Å². The lowest BCUT2D eigenvalue weighted by Gasteiger charge is -2.47. The van der Waals surface area contributed by atoms with E-state index in [0.29, 0.717) is 23.5 Å². The van der Waals surface area contributed by atoms with Crippen LogP contribution in [0.3, 0.4) is 0 Å². The third-order valence-corrected chi connectivity index (χ3v) is 4.94. The van der Waals surface area contributed by atoms with Gasteiger partial charge in [-0.2, -0.15) is 0 Å². The van der Waals surface area contributed by atoms with Crippen LogP contribution in [0.5, 0.6) is 0 Å². The standard InChI is InChI=1S/C17H36N2/c1-7-9-14(3)19(6)16-13-17(4,5)11-10-15(16)18-12-8-2/h14-16,18H,7-13H2,1-6H3. The molecule has 0 aliphatic heterocycles. The first-order chi connectivity index (χ1) is 8.91. The Balaban J connectivity index is 2.69. The quantitative estimate of drug-likeness (QED) is 0.749. The van der Waals surface area contributed by atoms with Crippen LogP contribution >= 0.6 is 0 Å². The van der Waals surface area contributed by atoms with Crippen LogP contribution in [0.2, 0.25) is 0 Å². The molecule has 3 atom stereocenters. The molecule has 2 nitrogen and oxygen atoms in total. The minimum atomic E-state index is 0.509. The summed E-state index contributed by atoms with van der Waals surface area (Å²) in [6.07, 6.45) is 7.87. The van der Waals surface area contributed by atoms with Gasteiger partial charge in [-0.1, -0.05) is 34.1 Å². The van der Waals surface area contributed by atoms with E-state index in [0.717, 1.165) is 6.54 Å². The van der Waals surface area contributed by atoms with E-state index in [-0.39, 0.29) is 0 Å². The molecule has 0 amide bonds. The molecule has 0 heterocycles. The highest BCUT2D eigenvalue weighted by Crippen LogP contribution is 2.38. The molecule has 0 saturated heterocycles. The van der Waals surface area contributed by atoms with Crippen LogP contribution in [0, 0.1) is 5.41 Å². The van der Waals surface area contributed by atoms with Crippen molar-refractivity contribution in [2.75, 3.05) is 13.6 Å². The van der Waals surface area contributed by atoms with E-state index in [1.807, 2.05) is 0 Å². The van der Waals surface area contributed by atoms with Crippen LogP contribution in [0.25, 0.3) is 0 Å². The second kappa shape index (κ2) is 7.64. The maximum Gasteiger partial charge on any atom is 0.0254 e. The van der Waals surface area contributed by atoms with Crippen LogP contribution in [-0.4, -0.2) is 36.6 Å². The molecule has 0 bridgehead atoms.